The molecular weight excluding hydrogens is 534 g/mol. The van der Waals surface area contributed by atoms with Crippen LogP contribution in [0, 0.1) is 19.8 Å². The number of carbonyl (C=O) groups excluding carboxylic acids is 2. The molecule has 7 nitrogen and oxygen atoms in total. The average Bonchev–Trinajstić information content (AvgIpc) is 2.89. The van der Waals surface area contributed by atoms with Crippen molar-refractivity contribution in [2.24, 2.45) is 5.92 Å². The Bertz CT molecular complexity index is 1410. The van der Waals surface area contributed by atoms with Gasteiger partial charge in [-0.1, -0.05) is 73.5 Å². The maximum Gasteiger partial charge on any atom is 0.264 e. The Morgan fingerprint density at radius 1 is 0.923 bits per heavy atom. The minimum absolute atomic E-state index is 0.0771. The van der Waals surface area contributed by atoms with Crippen molar-refractivity contribution in [3.63, 3.8) is 0 Å². The van der Waals surface area contributed by atoms with Crippen LogP contribution in [0.3, 0.4) is 0 Å². The van der Waals surface area contributed by atoms with Crippen molar-refractivity contribution in [3.8, 4) is 0 Å². The first kappa shape index (κ1) is 30.2. The Balaban J connectivity index is 2.02. The van der Waals surface area contributed by atoms with Crippen molar-refractivity contribution in [2.75, 3.05) is 17.4 Å². The third-order valence-corrected chi connectivity index (χ3v) is 8.37. The standard InChI is InChI=1S/C30H36ClN3O4S/c1-21(2)18-32-30(36)24(5)33(19-25-10-8-11-26(31)17-25)29(35)20-34(28-12-7-6-9-23(28)4)39(37,38)27-15-13-22(3)14-16-27/h6-17,21,24H,18-20H2,1-5H3,(H,32,36)/t24-/m1/s1. The molecule has 1 N–H and O–H groups in total. The van der Waals surface area contributed by atoms with Crippen molar-refractivity contribution in [1.29, 1.82) is 0 Å². The van der Waals surface area contributed by atoms with Crippen molar-refractivity contribution in [2.45, 2.75) is 52.1 Å². The molecule has 0 saturated carbocycles. The molecule has 0 saturated heterocycles. The smallest absolute Gasteiger partial charge is 0.264 e. The lowest BCUT2D eigenvalue weighted by atomic mass is 10.1. The summed E-state index contributed by atoms with van der Waals surface area (Å²) in [4.78, 5) is 28.5. The molecule has 3 aromatic carbocycles. The summed E-state index contributed by atoms with van der Waals surface area (Å²) < 4.78 is 28.9. The number of aryl methyl sites for hydroxylation is 2. The number of hydrogen-bond donors (Lipinski definition) is 1. The highest BCUT2D eigenvalue weighted by Gasteiger charge is 2.33. The second kappa shape index (κ2) is 13.1. The molecule has 0 unspecified atom stereocenters. The Hall–Kier alpha value is -3.36. The van der Waals surface area contributed by atoms with Crippen LogP contribution in [0.5, 0.6) is 0 Å². The molecule has 0 bridgehead atoms. The van der Waals surface area contributed by atoms with Crippen molar-refractivity contribution >= 4 is 39.1 Å². The number of amides is 2. The first-order chi connectivity index (χ1) is 18.4. The SMILES string of the molecule is Cc1ccc(S(=O)(=O)N(CC(=O)N(Cc2cccc(Cl)c2)[C@H](C)C(=O)NCC(C)C)c2ccccc2C)cc1. The number of sulfonamides is 1. The average molecular weight is 570 g/mol. The second-order valence-corrected chi connectivity index (χ2v) is 12.4. The van der Waals surface area contributed by atoms with E-state index in [1.807, 2.05) is 32.9 Å². The van der Waals surface area contributed by atoms with Crippen LogP contribution in [0.25, 0.3) is 0 Å². The minimum atomic E-state index is -4.10. The van der Waals surface area contributed by atoms with Gasteiger partial charge in [-0.2, -0.15) is 0 Å². The molecule has 3 aromatic rings. The summed E-state index contributed by atoms with van der Waals surface area (Å²) in [5, 5.41) is 3.38. The van der Waals surface area contributed by atoms with Gasteiger partial charge in [-0.05, 0) is 68.1 Å². The van der Waals surface area contributed by atoms with E-state index in [9.17, 15) is 18.0 Å². The van der Waals surface area contributed by atoms with E-state index in [0.29, 0.717) is 22.8 Å². The topological polar surface area (TPSA) is 86.8 Å². The fourth-order valence-electron chi connectivity index (χ4n) is 4.06. The fourth-order valence-corrected chi connectivity index (χ4v) is 5.75. The van der Waals surface area contributed by atoms with E-state index in [0.717, 1.165) is 15.4 Å². The molecule has 0 aliphatic rings. The van der Waals surface area contributed by atoms with Crippen LogP contribution in [0.15, 0.2) is 77.7 Å². The van der Waals surface area contributed by atoms with Crippen molar-refractivity contribution < 1.29 is 18.0 Å². The zero-order valence-corrected chi connectivity index (χ0v) is 24.6. The van der Waals surface area contributed by atoms with E-state index >= 15 is 0 Å². The number of carbonyl (C=O) groups is 2. The Labute approximate surface area is 236 Å². The lowest BCUT2D eigenvalue weighted by Gasteiger charge is -2.32. The molecule has 39 heavy (non-hydrogen) atoms. The van der Waals surface area contributed by atoms with E-state index in [-0.39, 0.29) is 23.3 Å². The molecule has 208 valence electrons. The number of nitrogens with one attached hydrogen (secondary N) is 1. The van der Waals surface area contributed by atoms with Gasteiger partial charge < -0.3 is 10.2 Å². The fraction of sp³-hybridized carbons (Fsp3) is 0.333. The number of para-hydroxylation sites is 1. The molecule has 9 heteroatoms. The molecule has 3 rings (SSSR count). The van der Waals surface area contributed by atoms with Gasteiger partial charge in [0.2, 0.25) is 11.8 Å². The van der Waals surface area contributed by atoms with Gasteiger partial charge in [0, 0.05) is 18.1 Å². The van der Waals surface area contributed by atoms with Crippen LogP contribution in [0.4, 0.5) is 5.69 Å². The van der Waals surface area contributed by atoms with Crippen molar-refractivity contribution in [1.82, 2.24) is 10.2 Å². The van der Waals surface area contributed by atoms with E-state index in [2.05, 4.69) is 5.32 Å². The molecule has 0 aliphatic heterocycles. The van der Waals surface area contributed by atoms with Crippen LogP contribution in [-0.2, 0) is 26.2 Å². The zero-order chi connectivity index (χ0) is 28.7. The van der Waals surface area contributed by atoms with Crippen LogP contribution in [0.1, 0.15) is 37.5 Å². The number of benzene rings is 3. The first-order valence-electron chi connectivity index (χ1n) is 12.9. The molecule has 0 aliphatic carbocycles. The molecule has 0 heterocycles. The summed E-state index contributed by atoms with van der Waals surface area (Å²) in [6, 6.07) is 19.7. The van der Waals surface area contributed by atoms with Gasteiger partial charge in [0.05, 0.1) is 10.6 Å². The Morgan fingerprint density at radius 2 is 1.59 bits per heavy atom. The maximum absolute atomic E-state index is 14.0. The number of nitrogens with zero attached hydrogens (tertiary/aromatic N) is 2. The normalized spacial score (nSPS) is 12.2. The van der Waals surface area contributed by atoms with Gasteiger partial charge in [-0.3, -0.25) is 13.9 Å². The lowest BCUT2D eigenvalue weighted by molar-refractivity contribution is -0.139. The lowest BCUT2D eigenvalue weighted by Crippen LogP contribution is -2.51. The van der Waals surface area contributed by atoms with E-state index in [4.69, 9.17) is 11.6 Å². The van der Waals surface area contributed by atoms with E-state index in [1.165, 1.54) is 17.0 Å². The van der Waals surface area contributed by atoms with Crippen LogP contribution in [-0.4, -0.2) is 44.3 Å². The summed E-state index contributed by atoms with van der Waals surface area (Å²) in [5.74, 6) is -0.599. The van der Waals surface area contributed by atoms with Crippen LogP contribution < -0.4 is 9.62 Å². The summed E-state index contributed by atoms with van der Waals surface area (Å²) >= 11 is 6.18. The molecular formula is C30H36ClN3O4S. The monoisotopic (exact) mass is 569 g/mol. The maximum atomic E-state index is 14.0. The first-order valence-corrected chi connectivity index (χ1v) is 14.7. The third kappa shape index (κ3) is 7.83. The third-order valence-electron chi connectivity index (χ3n) is 6.37. The Kier molecular flexibility index (Phi) is 10.2. The highest BCUT2D eigenvalue weighted by Crippen LogP contribution is 2.27. The quantitative estimate of drug-likeness (QED) is 0.338. The Morgan fingerprint density at radius 3 is 2.21 bits per heavy atom. The molecule has 0 fully saturated rings. The van der Waals surface area contributed by atoms with E-state index < -0.39 is 28.5 Å². The predicted octanol–water partition coefficient (Wildman–Crippen LogP) is 5.34. The van der Waals surface area contributed by atoms with Gasteiger partial charge in [-0.15, -0.1) is 0 Å². The highest BCUT2D eigenvalue weighted by atomic mass is 35.5. The summed E-state index contributed by atoms with van der Waals surface area (Å²) in [6.45, 7) is 9.34. The van der Waals surface area contributed by atoms with Gasteiger partial charge >= 0.3 is 0 Å². The van der Waals surface area contributed by atoms with Crippen LogP contribution >= 0.6 is 11.6 Å². The zero-order valence-electron chi connectivity index (χ0n) is 23.0. The number of halogens is 1. The highest BCUT2D eigenvalue weighted by molar-refractivity contribution is 7.92. The molecule has 0 aromatic heterocycles. The summed E-state index contributed by atoms with van der Waals surface area (Å²) in [5.41, 5.74) is 2.74. The summed E-state index contributed by atoms with van der Waals surface area (Å²) in [6.07, 6.45) is 0. The van der Waals surface area contributed by atoms with Gasteiger partial charge in [0.15, 0.2) is 0 Å². The molecule has 1 atom stereocenters. The molecule has 0 spiro atoms. The number of rotatable bonds is 11. The second-order valence-electron chi connectivity index (χ2n) is 10.1. The van der Waals surface area contributed by atoms with Crippen LogP contribution in [0.2, 0.25) is 5.02 Å². The van der Waals surface area contributed by atoms with Gasteiger partial charge in [0.1, 0.15) is 12.6 Å². The molecule has 0 radical (unpaired) electrons. The largest absolute Gasteiger partial charge is 0.354 e. The van der Waals surface area contributed by atoms with Gasteiger partial charge in [0.25, 0.3) is 10.0 Å². The van der Waals surface area contributed by atoms with Crippen molar-refractivity contribution in [3.05, 3.63) is 94.5 Å². The van der Waals surface area contributed by atoms with Gasteiger partial charge in [-0.25, -0.2) is 8.42 Å². The molecule has 2 amide bonds. The minimum Gasteiger partial charge on any atom is -0.354 e. The predicted molar refractivity (Wildman–Crippen MR) is 156 cm³/mol. The van der Waals surface area contributed by atoms with E-state index in [1.54, 1.807) is 62.4 Å². The summed E-state index contributed by atoms with van der Waals surface area (Å²) in [7, 11) is -4.10. The number of hydrogen-bond acceptors (Lipinski definition) is 4. The number of anilines is 1.